The molecule has 0 amide bonds. The number of halogens is 2. The molecule has 0 radical (unpaired) electrons. The Morgan fingerprint density at radius 1 is 1.27 bits per heavy atom. The van der Waals surface area contributed by atoms with Gasteiger partial charge < -0.3 is 4.74 Å². The highest BCUT2D eigenvalue weighted by molar-refractivity contribution is 6.36. The van der Waals surface area contributed by atoms with E-state index in [9.17, 15) is 0 Å². The Bertz CT molecular complexity index is 472. The van der Waals surface area contributed by atoms with Crippen molar-refractivity contribution in [2.75, 3.05) is 7.11 Å². The zero-order chi connectivity index (χ0) is 10.8. The molecule has 0 aliphatic rings. The topological polar surface area (TPSA) is 63.7 Å². The van der Waals surface area contributed by atoms with E-state index in [1.165, 1.54) is 7.11 Å². The Balaban J connectivity index is 2.55. The third-order valence-electron chi connectivity index (χ3n) is 1.83. The maximum atomic E-state index is 6.01. The third kappa shape index (κ3) is 1.88. The fraction of sp³-hybridized carbons (Fsp3) is 0.125. The Labute approximate surface area is 95.3 Å². The molecular formula is C8H6Cl2N4O. The number of ether oxygens (including phenoxy) is 1. The van der Waals surface area contributed by atoms with Crippen LogP contribution in [0, 0.1) is 0 Å². The average molecular weight is 245 g/mol. The second kappa shape index (κ2) is 4.04. The van der Waals surface area contributed by atoms with Crippen LogP contribution in [-0.2, 0) is 0 Å². The summed E-state index contributed by atoms with van der Waals surface area (Å²) < 4.78 is 5.02. The molecule has 1 aromatic heterocycles. The Morgan fingerprint density at radius 3 is 2.67 bits per heavy atom. The molecule has 1 N–H and O–H groups in total. The minimum absolute atomic E-state index is 0.393. The molecule has 0 bridgehead atoms. The first-order valence-corrected chi connectivity index (χ1v) is 4.75. The predicted octanol–water partition coefficient (Wildman–Crippen LogP) is 2.18. The van der Waals surface area contributed by atoms with Gasteiger partial charge >= 0.3 is 0 Å². The number of benzene rings is 1. The van der Waals surface area contributed by atoms with E-state index < -0.39 is 0 Å². The first-order chi connectivity index (χ1) is 7.22. The predicted molar refractivity (Wildman–Crippen MR) is 56.2 cm³/mol. The fourth-order valence-electron chi connectivity index (χ4n) is 1.13. The molecule has 2 aromatic rings. The van der Waals surface area contributed by atoms with E-state index in [1.807, 2.05) is 0 Å². The SMILES string of the molecule is COc1cc(Cl)c(-c2nn[nH]n2)cc1Cl. The Kier molecular flexibility index (Phi) is 2.75. The van der Waals surface area contributed by atoms with Gasteiger partial charge in [-0.3, -0.25) is 0 Å². The van der Waals surface area contributed by atoms with Gasteiger partial charge in [-0.2, -0.15) is 5.21 Å². The normalized spacial score (nSPS) is 10.3. The standard InChI is InChI=1S/C8H6Cl2N4O/c1-15-7-3-5(9)4(2-6(7)10)8-11-13-14-12-8/h2-3H,1H3,(H,11,12,13,14). The fourth-order valence-corrected chi connectivity index (χ4v) is 1.61. The molecule has 2 rings (SSSR count). The number of rotatable bonds is 2. The van der Waals surface area contributed by atoms with E-state index in [1.54, 1.807) is 12.1 Å². The summed E-state index contributed by atoms with van der Waals surface area (Å²) in [6.45, 7) is 0. The maximum absolute atomic E-state index is 6.01. The lowest BCUT2D eigenvalue weighted by molar-refractivity contribution is 0.415. The molecule has 0 aliphatic heterocycles. The third-order valence-corrected chi connectivity index (χ3v) is 2.44. The number of hydrogen-bond acceptors (Lipinski definition) is 4. The Morgan fingerprint density at radius 2 is 2.07 bits per heavy atom. The van der Waals surface area contributed by atoms with Crippen LogP contribution in [0.2, 0.25) is 10.0 Å². The summed E-state index contributed by atoms with van der Waals surface area (Å²) in [7, 11) is 1.52. The highest BCUT2D eigenvalue weighted by Gasteiger charge is 2.12. The van der Waals surface area contributed by atoms with E-state index in [4.69, 9.17) is 27.9 Å². The van der Waals surface area contributed by atoms with Crippen molar-refractivity contribution in [2.45, 2.75) is 0 Å². The van der Waals surface area contributed by atoms with Crippen LogP contribution in [0.3, 0.4) is 0 Å². The number of tetrazole rings is 1. The smallest absolute Gasteiger partial charge is 0.206 e. The molecular weight excluding hydrogens is 239 g/mol. The highest BCUT2D eigenvalue weighted by atomic mass is 35.5. The zero-order valence-electron chi connectivity index (χ0n) is 7.66. The summed E-state index contributed by atoms with van der Waals surface area (Å²) in [5.41, 5.74) is 0.608. The van der Waals surface area contributed by atoms with Crippen molar-refractivity contribution in [1.29, 1.82) is 0 Å². The molecule has 0 atom stereocenters. The van der Waals surface area contributed by atoms with Gasteiger partial charge in [0.05, 0.1) is 17.2 Å². The van der Waals surface area contributed by atoms with Crippen LogP contribution in [0.5, 0.6) is 5.75 Å². The number of methoxy groups -OCH3 is 1. The van der Waals surface area contributed by atoms with Gasteiger partial charge in [-0.15, -0.1) is 10.2 Å². The minimum Gasteiger partial charge on any atom is -0.495 e. The molecule has 78 valence electrons. The molecule has 1 aromatic carbocycles. The highest BCUT2D eigenvalue weighted by Crippen LogP contribution is 2.34. The van der Waals surface area contributed by atoms with Gasteiger partial charge in [-0.1, -0.05) is 23.2 Å². The van der Waals surface area contributed by atoms with Crippen molar-refractivity contribution in [3.8, 4) is 17.1 Å². The van der Waals surface area contributed by atoms with Gasteiger partial charge in [-0.05, 0) is 11.3 Å². The van der Waals surface area contributed by atoms with Crippen LogP contribution in [0.4, 0.5) is 0 Å². The van der Waals surface area contributed by atoms with Crippen LogP contribution < -0.4 is 4.74 Å². The first-order valence-electron chi connectivity index (χ1n) is 3.99. The van der Waals surface area contributed by atoms with Crippen molar-refractivity contribution in [3.05, 3.63) is 22.2 Å². The van der Waals surface area contributed by atoms with E-state index >= 15 is 0 Å². The second-order valence-corrected chi connectivity index (χ2v) is 3.52. The quantitative estimate of drug-likeness (QED) is 0.880. The molecule has 0 spiro atoms. The van der Waals surface area contributed by atoms with Crippen molar-refractivity contribution in [2.24, 2.45) is 0 Å². The van der Waals surface area contributed by atoms with Gasteiger partial charge in [0.2, 0.25) is 5.82 Å². The molecule has 1 heterocycles. The first kappa shape index (κ1) is 10.2. The van der Waals surface area contributed by atoms with Crippen LogP contribution in [-0.4, -0.2) is 27.7 Å². The van der Waals surface area contributed by atoms with E-state index in [-0.39, 0.29) is 0 Å². The minimum atomic E-state index is 0.393. The number of nitrogens with zero attached hydrogens (tertiary/aromatic N) is 3. The summed E-state index contributed by atoms with van der Waals surface area (Å²) in [6, 6.07) is 3.24. The summed E-state index contributed by atoms with van der Waals surface area (Å²) in [5, 5.41) is 14.3. The average Bonchev–Trinajstić information content (AvgIpc) is 2.74. The van der Waals surface area contributed by atoms with E-state index in [0.717, 1.165) is 0 Å². The van der Waals surface area contributed by atoms with Crippen LogP contribution in [0.1, 0.15) is 0 Å². The van der Waals surface area contributed by atoms with Gasteiger partial charge in [-0.25, -0.2) is 0 Å². The lowest BCUT2D eigenvalue weighted by Crippen LogP contribution is -1.88. The lowest BCUT2D eigenvalue weighted by Gasteiger charge is -2.05. The molecule has 7 heteroatoms. The van der Waals surface area contributed by atoms with Crippen molar-refractivity contribution in [3.63, 3.8) is 0 Å². The van der Waals surface area contributed by atoms with Crippen LogP contribution >= 0.6 is 23.2 Å². The van der Waals surface area contributed by atoms with Gasteiger partial charge in [0.15, 0.2) is 0 Å². The number of aromatic amines is 1. The Hall–Kier alpha value is -1.33. The molecule has 0 unspecified atom stereocenters. The monoisotopic (exact) mass is 244 g/mol. The van der Waals surface area contributed by atoms with E-state index in [2.05, 4.69) is 20.6 Å². The molecule has 0 saturated heterocycles. The van der Waals surface area contributed by atoms with Crippen LogP contribution in [0.15, 0.2) is 12.1 Å². The summed E-state index contributed by atoms with van der Waals surface area (Å²) in [5.74, 6) is 0.901. The molecule has 0 aliphatic carbocycles. The second-order valence-electron chi connectivity index (χ2n) is 2.70. The number of H-pyrrole nitrogens is 1. The summed E-state index contributed by atoms with van der Waals surface area (Å²) in [4.78, 5) is 0. The van der Waals surface area contributed by atoms with Crippen LogP contribution in [0.25, 0.3) is 11.4 Å². The van der Waals surface area contributed by atoms with Crippen molar-refractivity contribution in [1.82, 2.24) is 20.6 Å². The number of hydrogen-bond donors (Lipinski definition) is 1. The van der Waals surface area contributed by atoms with Gasteiger partial charge in [0, 0.05) is 11.6 Å². The number of nitrogens with one attached hydrogen (secondary N) is 1. The zero-order valence-corrected chi connectivity index (χ0v) is 9.17. The molecule has 0 fully saturated rings. The van der Waals surface area contributed by atoms with Crippen molar-refractivity contribution < 1.29 is 4.74 Å². The van der Waals surface area contributed by atoms with Crippen molar-refractivity contribution >= 4 is 23.2 Å². The largest absolute Gasteiger partial charge is 0.495 e. The maximum Gasteiger partial charge on any atom is 0.206 e. The summed E-state index contributed by atoms with van der Waals surface area (Å²) in [6.07, 6.45) is 0. The van der Waals surface area contributed by atoms with E-state index in [0.29, 0.717) is 27.2 Å². The summed E-state index contributed by atoms with van der Waals surface area (Å²) >= 11 is 12.0. The molecule has 0 saturated carbocycles. The molecule has 5 nitrogen and oxygen atoms in total. The van der Waals surface area contributed by atoms with Gasteiger partial charge in [0.25, 0.3) is 0 Å². The lowest BCUT2D eigenvalue weighted by atomic mass is 10.2. The number of aromatic nitrogens is 4. The van der Waals surface area contributed by atoms with Gasteiger partial charge in [0.1, 0.15) is 5.75 Å². The molecule has 15 heavy (non-hydrogen) atoms.